The molecule has 3 nitrogen and oxygen atoms in total. The van der Waals surface area contributed by atoms with Crippen LogP contribution >= 0.6 is 0 Å². The van der Waals surface area contributed by atoms with E-state index in [-0.39, 0.29) is 5.92 Å². The number of nitrogens with zero attached hydrogens (tertiary/aromatic N) is 1. The molecule has 0 aliphatic carbocycles. The van der Waals surface area contributed by atoms with Gasteiger partial charge in [0, 0.05) is 23.6 Å². The molecular formula is C22H20N2O. The van der Waals surface area contributed by atoms with Gasteiger partial charge in [0.2, 0.25) is 0 Å². The third-order valence-electron chi connectivity index (χ3n) is 4.75. The first-order valence-corrected chi connectivity index (χ1v) is 8.38. The first kappa shape index (κ1) is 15.5. The molecule has 3 aromatic carbocycles. The highest BCUT2D eigenvalue weighted by molar-refractivity contribution is 5.77. The molecular weight excluding hydrogens is 308 g/mol. The van der Waals surface area contributed by atoms with Crippen molar-refractivity contribution in [3.8, 4) is 0 Å². The number of nitrogens with one attached hydrogen (secondary N) is 1. The van der Waals surface area contributed by atoms with E-state index in [1.807, 2.05) is 18.2 Å². The Morgan fingerprint density at radius 2 is 1.36 bits per heavy atom. The van der Waals surface area contributed by atoms with Gasteiger partial charge in [0.05, 0.1) is 5.92 Å². The van der Waals surface area contributed by atoms with Crippen LogP contribution in [0, 0.1) is 0 Å². The summed E-state index contributed by atoms with van der Waals surface area (Å²) in [6.45, 7) is 4.82. The average Bonchev–Trinajstić information content (AvgIpc) is 2.68. The van der Waals surface area contributed by atoms with Gasteiger partial charge in [-0.2, -0.15) is 0 Å². The summed E-state index contributed by atoms with van der Waals surface area (Å²) in [6, 6.07) is 27.1. The number of fused-ring (bicyclic) bond motifs is 2. The lowest BCUT2D eigenvalue weighted by molar-refractivity contribution is 0.195. The fraction of sp³-hybridized carbons (Fsp3) is 0.0909. The highest BCUT2D eigenvalue weighted by Crippen LogP contribution is 2.47. The second-order valence-corrected chi connectivity index (χ2v) is 6.26. The fourth-order valence-electron chi connectivity index (χ4n) is 3.63. The van der Waals surface area contributed by atoms with Crippen LogP contribution in [0.4, 0.5) is 11.4 Å². The summed E-state index contributed by atoms with van der Waals surface area (Å²) in [4.78, 5) is 2.33. The summed E-state index contributed by atoms with van der Waals surface area (Å²) < 4.78 is 0. The summed E-state index contributed by atoms with van der Waals surface area (Å²) in [5.41, 5.74) is 8.68. The molecule has 3 aromatic rings. The van der Waals surface area contributed by atoms with E-state index in [0.29, 0.717) is 5.70 Å². The molecule has 1 aliphatic heterocycles. The minimum absolute atomic E-state index is 0.0792. The predicted octanol–water partition coefficient (Wildman–Crippen LogP) is 4.96. The lowest BCUT2D eigenvalue weighted by Crippen LogP contribution is -2.28. The van der Waals surface area contributed by atoms with Gasteiger partial charge in [0.25, 0.3) is 0 Å². The smallest absolute Gasteiger partial charge is 0.0545 e. The third kappa shape index (κ3) is 2.69. The Hall–Kier alpha value is -3.04. The minimum atomic E-state index is -0.0792. The number of hydroxylamine groups is 1. The van der Waals surface area contributed by atoms with Crippen LogP contribution in [0.25, 0.3) is 0 Å². The highest BCUT2D eigenvalue weighted by atomic mass is 16.5. The minimum Gasteiger partial charge on any atom is -0.336 e. The van der Waals surface area contributed by atoms with Crippen molar-refractivity contribution in [2.24, 2.45) is 0 Å². The van der Waals surface area contributed by atoms with Gasteiger partial charge in [-0.15, -0.1) is 0 Å². The van der Waals surface area contributed by atoms with E-state index in [2.05, 4.69) is 77.6 Å². The van der Waals surface area contributed by atoms with E-state index in [1.165, 1.54) is 5.56 Å². The molecule has 2 N–H and O–H groups in total. The lowest BCUT2D eigenvalue weighted by atomic mass is 9.83. The molecule has 25 heavy (non-hydrogen) atoms. The van der Waals surface area contributed by atoms with Crippen LogP contribution < -0.4 is 10.4 Å². The SMILES string of the molecule is C=C(NO)C1c2ccccc2N(Cc2ccccc2)c2ccccc21. The van der Waals surface area contributed by atoms with E-state index in [9.17, 15) is 5.21 Å². The largest absolute Gasteiger partial charge is 0.336 e. The quantitative estimate of drug-likeness (QED) is 0.664. The fourth-order valence-corrected chi connectivity index (χ4v) is 3.63. The number of rotatable bonds is 4. The Morgan fingerprint density at radius 1 is 0.840 bits per heavy atom. The van der Waals surface area contributed by atoms with Gasteiger partial charge in [0.1, 0.15) is 0 Å². The van der Waals surface area contributed by atoms with Crippen molar-refractivity contribution >= 4 is 11.4 Å². The number of benzene rings is 3. The van der Waals surface area contributed by atoms with Crippen LogP contribution in [0.1, 0.15) is 22.6 Å². The predicted molar refractivity (Wildman–Crippen MR) is 101 cm³/mol. The zero-order valence-corrected chi connectivity index (χ0v) is 13.9. The van der Waals surface area contributed by atoms with E-state index in [4.69, 9.17) is 0 Å². The third-order valence-corrected chi connectivity index (χ3v) is 4.75. The Labute approximate surface area is 147 Å². The van der Waals surface area contributed by atoms with E-state index in [1.54, 1.807) is 0 Å². The lowest BCUT2D eigenvalue weighted by Gasteiger charge is -2.38. The van der Waals surface area contributed by atoms with Crippen molar-refractivity contribution in [3.05, 3.63) is 108 Å². The van der Waals surface area contributed by atoms with E-state index >= 15 is 0 Å². The van der Waals surface area contributed by atoms with Crippen molar-refractivity contribution in [2.45, 2.75) is 12.5 Å². The molecule has 1 heterocycles. The normalized spacial score (nSPS) is 13.1. The average molecular weight is 328 g/mol. The van der Waals surface area contributed by atoms with Gasteiger partial charge in [-0.3, -0.25) is 10.7 Å². The molecule has 0 radical (unpaired) electrons. The van der Waals surface area contributed by atoms with Crippen LogP contribution in [0.3, 0.4) is 0 Å². The van der Waals surface area contributed by atoms with Crippen molar-refractivity contribution in [3.63, 3.8) is 0 Å². The summed E-state index contributed by atoms with van der Waals surface area (Å²) >= 11 is 0. The first-order chi connectivity index (χ1) is 12.3. The van der Waals surface area contributed by atoms with Gasteiger partial charge in [-0.05, 0) is 28.8 Å². The molecule has 124 valence electrons. The van der Waals surface area contributed by atoms with Crippen LogP contribution in [0.5, 0.6) is 0 Å². The van der Waals surface area contributed by atoms with Crippen LogP contribution in [-0.2, 0) is 6.54 Å². The number of allylic oxidation sites excluding steroid dienone is 1. The Balaban J connectivity index is 1.88. The van der Waals surface area contributed by atoms with Crippen LogP contribution in [0.15, 0.2) is 91.1 Å². The van der Waals surface area contributed by atoms with Crippen molar-refractivity contribution in [2.75, 3.05) is 4.90 Å². The van der Waals surface area contributed by atoms with Crippen molar-refractivity contribution in [1.29, 1.82) is 0 Å². The molecule has 1 aliphatic rings. The van der Waals surface area contributed by atoms with Gasteiger partial charge in [-0.25, -0.2) is 0 Å². The number of para-hydroxylation sites is 2. The molecule has 0 fully saturated rings. The Morgan fingerprint density at radius 3 is 1.92 bits per heavy atom. The maximum Gasteiger partial charge on any atom is 0.0545 e. The summed E-state index contributed by atoms with van der Waals surface area (Å²) in [5.74, 6) is -0.0792. The zero-order chi connectivity index (χ0) is 17.2. The summed E-state index contributed by atoms with van der Waals surface area (Å²) in [5, 5.41) is 9.48. The zero-order valence-electron chi connectivity index (χ0n) is 13.9. The van der Waals surface area contributed by atoms with E-state index < -0.39 is 0 Å². The van der Waals surface area contributed by atoms with Gasteiger partial charge < -0.3 is 4.90 Å². The van der Waals surface area contributed by atoms with Gasteiger partial charge in [0.15, 0.2) is 0 Å². The van der Waals surface area contributed by atoms with E-state index in [0.717, 1.165) is 29.0 Å². The molecule has 0 amide bonds. The molecule has 0 spiro atoms. The maximum atomic E-state index is 9.48. The summed E-state index contributed by atoms with van der Waals surface area (Å²) in [6.07, 6.45) is 0. The first-order valence-electron chi connectivity index (χ1n) is 8.38. The molecule has 0 atom stereocenters. The van der Waals surface area contributed by atoms with Crippen molar-refractivity contribution in [1.82, 2.24) is 5.48 Å². The van der Waals surface area contributed by atoms with Gasteiger partial charge >= 0.3 is 0 Å². The highest BCUT2D eigenvalue weighted by Gasteiger charge is 2.31. The monoisotopic (exact) mass is 328 g/mol. The molecule has 0 bridgehead atoms. The standard InChI is InChI=1S/C22H20N2O/c1-16(23-25)22-18-11-5-7-13-20(18)24(15-17-9-3-2-4-10-17)21-14-8-6-12-19(21)22/h2-14,22-23,25H,1,15H2. The maximum absolute atomic E-state index is 9.48. The number of anilines is 2. The van der Waals surface area contributed by atoms with Crippen LogP contribution in [-0.4, -0.2) is 5.21 Å². The molecule has 3 heteroatoms. The Kier molecular flexibility index (Phi) is 4.00. The molecule has 0 unspecified atom stereocenters. The molecule has 0 saturated carbocycles. The van der Waals surface area contributed by atoms with Crippen LogP contribution in [0.2, 0.25) is 0 Å². The summed E-state index contributed by atoms with van der Waals surface area (Å²) in [7, 11) is 0. The molecule has 0 saturated heterocycles. The van der Waals surface area contributed by atoms with Gasteiger partial charge in [-0.1, -0.05) is 73.3 Å². The topological polar surface area (TPSA) is 35.5 Å². The molecule has 4 rings (SSSR count). The van der Waals surface area contributed by atoms with Crippen molar-refractivity contribution < 1.29 is 5.21 Å². The second kappa shape index (κ2) is 6.46. The number of hydrogen-bond acceptors (Lipinski definition) is 3. The second-order valence-electron chi connectivity index (χ2n) is 6.26. The molecule has 0 aromatic heterocycles. The Bertz CT molecular complexity index is 857. The number of hydrogen-bond donors (Lipinski definition) is 2.